The first-order chi connectivity index (χ1) is 10.6. The molecule has 1 N–H and O–H groups in total. The summed E-state index contributed by atoms with van der Waals surface area (Å²) in [5.41, 5.74) is 0.362. The average Bonchev–Trinajstić information content (AvgIpc) is 2.48. The van der Waals surface area contributed by atoms with Crippen LogP contribution in [0.2, 0.25) is 10.0 Å². The minimum absolute atomic E-state index is 0.203. The van der Waals surface area contributed by atoms with Gasteiger partial charge in [0, 0.05) is 11.6 Å². The van der Waals surface area contributed by atoms with Crippen molar-refractivity contribution in [2.45, 2.75) is 6.42 Å². The van der Waals surface area contributed by atoms with Crippen molar-refractivity contribution >= 4 is 29.1 Å². The monoisotopic (exact) mass is 341 g/mol. The molecule has 22 heavy (non-hydrogen) atoms. The summed E-state index contributed by atoms with van der Waals surface area (Å²) in [6.07, 6.45) is 0.547. The summed E-state index contributed by atoms with van der Waals surface area (Å²) in [5, 5.41) is 3.49. The molecule has 0 saturated heterocycles. The van der Waals surface area contributed by atoms with E-state index in [1.165, 1.54) is 12.1 Å². The number of para-hydroxylation sites is 1. The maximum atomic E-state index is 13.3. The van der Waals surface area contributed by atoms with Crippen molar-refractivity contribution in [3.8, 4) is 5.75 Å². The van der Waals surface area contributed by atoms with Crippen molar-refractivity contribution in [1.29, 1.82) is 0 Å². The van der Waals surface area contributed by atoms with Gasteiger partial charge in [-0.2, -0.15) is 0 Å². The van der Waals surface area contributed by atoms with Gasteiger partial charge in [0.2, 0.25) is 0 Å². The number of ether oxygens (including phenoxy) is 1. The van der Waals surface area contributed by atoms with Crippen molar-refractivity contribution in [3.05, 3.63) is 63.9 Å². The molecular weight excluding hydrogens is 328 g/mol. The van der Waals surface area contributed by atoms with Gasteiger partial charge in [-0.1, -0.05) is 35.3 Å². The first-order valence-corrected chi connectivity index (χ1v) is 7.44. The molecule has 0 radical (unpaired) electrons. The summed E-state index contributed by atoms with van der Waals surface area (Å²) in [4.78, 5) is 11.9. The van der Waals surface area contributed by atoms with E-state index in [1.54, 1.807) is 30.3 Å². The first kappa shape index (κ1) is 16.6. The molecule has 0 aromatic heterocycles. The lowest BCUT2D eigenvalue weighted by Gasteiger charge is -2.09. The molecule has 0 spiro atoms. The van der Waals surface area contributed by atoms with E-state index < -0.39 is 5.82 Å². The van der Waals surface area contributed by atoms with Crippen molar-refractivity contribution in [1.82, 2.24) is 5.32 Å². The molecule has 2 aromatic carbocycles. The molecule has 0 atom stereocenters. The second-order valence-corrected chi connectivity index (χ2v) is 5.36. The Balaban J connectivity index is 1.75. The zero-order valence-corrected chi connectivity index (χ0v) is 13.1. The number of carbonyl (C=O) groups is 1. The molecule has 3 nitrogen and oxygen atoms in total. The van der Waals surface area contributed by atoms with Crippen molar-refractivity contribution in [3.63, 3.8) is 0 Å². The lowest BCUT2D eigenvalue weighted by Crippen LogP contribution is -2.25. The molecule has 116 valence electrons. The van der Waals surface area contributed by atoms with Crippen LogP contribution in [-0.2, 0) is 0 Å². The summed E-state index contributed by atoms with van der Waals surface area (Å²) < 4.78 is 18.6. The van der Waals surface area contributed by atoms with E-state index in [0.29, 0.717) is 35.2 Å². The maximum Gasteiger partial charge on any atom is 0.252 e. The number of hydrogen-bond acceptors (Lipinski definition) is 2. The second-order valence-electron chi connectivity index (χ2n) is 4.51. The predicted molar refractivity (Wildman–Crippen MR) is 85.3 cm³/mol. The fourth-order valence-corrected chi connectivity index (χ4v) is 2.28. The molecule has 0 fully saturated rings. The highest BCUT2D eigenvalue weighted by Gasteiger charge is 2.10. The van der Waals surface area contributed by atoms with E-state index in [1.807, 2.05) is 0 Å². The Labute approximate surface area is 138 Å². The van der Waals surface area contributed by atoms with E-state index in [0.717, 1.165) is 0 Å². The highest BCUT2D eigenvalue weighted by atomic mass is 35.5. The number of nitrogens with one attached hydrogen (secondary N) is 1. The third-order valence-corrected chi connectivity index (χ3v) is 3.42. The van der Waals surface area contributed by atoms with Crippen LogP contribution in [0.15, 0.2) is 42.5 Å². The summed E-state index contributed by atoms with van der Waals surface area (Å²) >= 11 is 11.7. The number of carbonyl (C=O) groups excluding carboxylic acids is 1. The normalized spacial score (nSPS) is 10.3. The molecule has 0 aliphatic heterocycles. The number of rotatable bonds is 6. The summed E-state index contributed by atoms with van der Waals surface area (Å²) in [6, 6.07) is 10.9. The van der Waals surface area contributed by atoms with Crippen LogP contribution in [0.5, 0.6) is 5.75 Å². The topological polar surface area (TPSA) is 38.3 Å². The van der Waals surface area contributed by atoms with Crippen molar-refractivity contribution in [2.24, 2.45) is 0 Å². The molecule has 0 aliphatic carbocycles. The van der Waals surface area contributed by atoms with Gasteiger partial charge >= 0.3 is 0 Å². The number of halogens is 3. The van der Waals surface area contributed by atoms with Gasteiger partial charge in [0.05, 0.1) is 17.2 Å². The standard InChI is InChI=1S/C16H14Cl2FNO2/c17-11-6-7-12(13(18)10-11)16(21)20-8-3-9-22-15-5-2-1-4-14(15)19/h1-2,4-7,10H,3,8-9H2,(H,20,21). The Bertz CT molecular complexity index is 664. The Hall–Kier alpha value is -1.78. The molecule has 0 aliphatic rings. The van der Waals surface area contributed by atoms with Crippen molar-refractivity contribution < 1.29 is 13.9 Å². The lowest BCUT2D eigenvalue weighted by molar-refractivity contribution is 0.0951. The zero-order valence-electron chi connectivity index (χ0n) is 11.6. The largest absolute Gasteiger partial charge is 0.490 e. The van der Waals surface area contributed by atoms with Crippen LogP contribution in [0.25, 0.3) is 0 Å². The predicted octanol–water partition coefficient (Wildman–Crippen LogP) is 4.33. The van der Waals surface area contributed by atoms with Gasteiger partial charge in [0.25, 0.3) is 5.91 Å². The van der Waals surface area contributed by atoms with Gasteiger partial charge in [-0.05, 0) is 36.8 Å². The van der Waals surface area contributed by atoms with Crippen LogP contribution in [0.1, 0.15) is 16.8 Å². The molecule has 2 rings (SSSR count). The smallest absolute Gasteiger partial charge is 0.252 e. The maximum absolute atomic E-state index is 13.3. The van der Waals surface area contributed by atoms with Crippen LogP contribution in [0.3, 0.4) is 0 Å². The fraction of sp³-hybridized carbons (Fsp3) is 0.188. The minimum atomic E-state index is -0.403. The third kappa shape index (κ3) is 4.61. The molecule has 0 saturated carbocycles. The summed E-state index contributed by atoms with van der Waals surface area (Å²) in [5.74, 6) is -0.485. The molecule has 1 amide bonds. The van der Waals surface area contributed by atoms with Crippen LogP contribution in [-0.4, -0.2) is 19.1 Å². The van der Waals surface area contributed by atoms with Gasteiger partial charge in [0.1, 0.15) is 0 Å². The number of benzene rings is 2. The number of hydrogen-bond donors (Lipinski definition) is 1. The Morgan fingerprint density at radius 2 is 1.95 bits per heavy atom. The second kappa shape index (κ2) is 8.01. The first-order valence-electron chi connectivity index (χ1n) is 6.68. The van der Waals surface area contributed by atoms with E-state index in [2.05, 4.69) is 5.32 Å². The van der Waals surface area contributed by atoms with Crippen LogP contribution < -0.4 is 10.1 Å². The van der Waals surface area contributed by atoms with Crippen LogP contribution in [0.4, 0.5) is 4.39 Å². The highest BCUT2D eigenvalue weighted by molar-refractivity contribution is 6.36. The molecule has 6 heteroatoms. The van der Waals surface area contributed by atoms with E-state index in [-0.39, 0.29) is 11.7 Å². The highest BCUT2D eigenvalue weighted by Crippen LogP contribution is 2.20. The van der Waals surface area contributed by atoms with Gasteiger partial charge in [0.15, 0.2) is 11.6 Å². The van der Waals surface area contributed by atoms with E-state index >= 15 is 0 Å². The van der Waals surface area contributed by atoms with E-state index in [9.17, 15) is 9.18 Å². The Kier molecular flexibility index (Phi) is 6.04. The molecule has 0 unspecified atom stereocenters. The summed E-state index contributed by atoms with van der Waals surface area (Å²) in [7, 11) is 0. The van der Waals surface area contributed by atoms with Gasteiger partial charge in [-0.25, -0.2) is 4.39 Å². The molecule has 0 bridgehead atoms. The molecule has 2 aromatic rings. The van der Waals surface area contributed by atoms with Crippen molar-refractivity contribution in [2.75, 3.05) is 13.2 Å². The summed E-state index contributed by atoms with van der Waals surface area (Å²) in [6.45, 7) is 0.696. The van der Waals surface area contributed by atoms with Gasteiger partial charge in [-0.3, -0.25) is 4.79 Å². The fourth-order valence-electron chi connectivity index (χ4n) is 1.79. The Morgan fingerprint density at radius 3 is 2.68 bits per heavy atom. The average molecular weight is 342 g/mol. The van der Waals surface area contributed by atoms with Gasteiger partial charge in [-0.15, -0.1) is 0 Å². The number of amides is 1. The molecule has 0 heterocycles. The van der Waals surface area contributed by atoms with Gasteiger partial charge < -0.3 is 10.1 Å². The zero-order chi connectivity index (χ0) is 15.9. The SMILES string of the molecule is O=C(NCCCOc1ccccc1F)c1ccc(Cl)cc1Cl. The van der Waals surface area contributed by atoms with Crippen LogP contribution >= 0.6 is 23.2 Å². The minimum Gasteiger partial charge on any atom is -0.490 e. The third-order valence-electron chi connectivity index (χ3n) is 2.88. The molecular formula is C16H14Cl2FNO2. The quantitative estimate of drug-likeness (QED) is 0.794. The lowest BCUT2D eigenvalue weighted by atomic mass is 10.2. The van der Waals surface area contributed by atoms with E-state index in [4.69, 9.17) is 27.9 Å². The Morgan fingerprint density at radius 1 is 1.18 bits per heavy atom. The van der Waals surface area contributed by atoms with Crippen LogP contribution in [0, 0.1) is 5.82 Å².